The molecule has 1 atom stereocenters. The summed E-state index contributed by atoms with van der Waals surface area (Å²) in [4.78, 5) is 29.2. The van der Waals surface area contributed by atoms with Crippen LogP contribution in [-0.2, 0) is 26.6 Å². The molecule has 1 aliphatic rings. The minimum Gasteiger partial charge on any atom is -0.462 e. The highest BCUT2D eigenvalue weighted by molar-refractivity contribution is 7.88. The maximum Gasteiger partial charge on any atom is 0.350 e. The molecule has 2 rings (SSSR count). The molecule has 2 heterocycles. The van der Waals surface area contributed by atoms with Crippen molar-refractivity contribution in [2.75, 3.05) is 19.4 Å². The molecule has 1 fully saturated rings. The van der Waals surface area contributed by atoms with E-state index in [-0.39, 0.29) is 6.61 Å². The molecule has 1 saturated heterocycles. The van der Waals surface area contributed by atoms with Crippen molar-refractivity contribution in [3.63, 3.8) is 0 Å². The second kappa shape index (κ2) is 7.16. The summed E-state index contributed by atoms with van der Waals surface area (Å²) in [7, 11) is -1.75. The quantitative estimate of drug-likeness (QED) is 0.711. The fourth-order valence-electron chi connectivity index (χ4n) is 2.57. The predicted molar refractivity (Wildman–Crippen MR) is 89.1 cm³/mol. The highest BCUT2D eigenvalue weighted by Crippen LogP contribution is 2.21. The third kappa shape index (κ3) is 3.76. The Bertz CT molecular complexity index is 822. The Morgan fingerprint density at radius 1 is 1.42 bits per heavy atom. The third-order valence-corrected chi connectivity index (χ3v) is 6.40. The number of sulfonamides is 1. The molecule has 0 radical (unpaired) electrons. The first kappa shape index (κ1) is 18.8. The maximum absolute atomic E-state index is 12.4. The van der Waals surface area contributed by atoms with Gasteiger partial charge in [-0.25, -0.2) is 13.2 Å². The monoisotopic (exact) mass is 375 g/mol. The molecule has 0 aromatic carbocycles. The van der Waals surface area contributed by atoms with Crippen LogP contribution in [-0.4, -0.2) is 54.6 Å². The first-order chi connectivity index (χ1) is 11.2. The molecule has 0 bridgehead atoms. The molecule has 8 nitrogen and oxygen atoms in total. The Morgan fingerprint density at radius 3 is 2.67 bits per heavy atom. The van der Waals surface area contributed by atoms with Crippen LogP contribution in [0.2, 0.25) is 0 Å². The summed E-state index contributed by atoms with van der Waals surface area (Å²) in [6.07, 6.45) is 2.17. The van der Waals surface area contributed by atoms with Crippen molar-refractivity contribution in [3.05, 3.63) is 15.4 Å². The van der Waals surface area contributed by atoms with Gasteiger partial charge in [0.2, 0.25) is 10.0 Å². The fourth-order valence-corrected chi connectivity index (χ4v) is 4.70. The van der Waals surface area contributed by atoms with E-state index in [9.17, 15) is 18.0 Å². The minimum atomic E-state index is -3.45. The van der Waals surface area contributed by atoms with Gasteiger partial charge in [-0.05, 0) is 26.7 Å². The average Bonchev–Trinajstić information content (AvgIpc) is 3.08. The summed E-state index contributed by atoms with van der Waals surface area (Å²) in [5.41, 5.74) is 0.649. The van der Waals surface area contributed by atoms with Gasteiger partial charge in [0.05, 0.1) is 12.9 Å². The van der Waals surface area contributed by atoms with Crippen LogP contribution >= 0.6 is 11.3 Å². The van der Waals surface area contributed by atoms with Gasteiger partial charge >= 0.3 is 5.97 Å². The Hall–Kier alpha value is -1.52. The molecule has 0 saturated carbocycles. The van der Waals surface area contributed by atoms with Crippen LogP contribution in [0, 0.1) is 6.92 Å². The van der Waals surface area contributed by atoms with Crippen LogP contribution in [0.5, 0.6) is 0 Å². The summed E-state index contributed by atoms with van der Waals surface area (Å²) in [6, 6.07) is -0.770. The topological polar surface area (TPSA) is 98.0 Å². The Balaban J connectivity index is 2.36. The van der Waals surface area contributed by atoms with Gasteiger partial charge in [0.25, 0.3) is 5.91 Å². The van der Waals surface area contributed by atoms with Gasteiger partial charge in [-0.15, -0.1) is 0 Å². The molecule has 10 heteroatoms. The van der Waals surface area contributed by atoms with Crippen LogP contribution < -0.4 is 4.80 Å². The normalized spacial score (nSPS) is 19.7. The number of thiazole rings is 1. The van der Waals surface area contributed by atoms with Crippen molar-refractivity contribution in [2.45, 2.75) is 32.7 Å². The Kier molecular flexibility index (Phi) is 5.61. The number of carbonyl (C=O) groups excluding carboxylic acids is 2. The highest BCUT2D eigenvalue weighted by Gasteiger charge is 2.36. The zero-order valence-corrected chi connectivity index (χ0v) is 15.7. The van der Waals surface area contributed by atoms with E-state index in [0.717, 1.165) is 17.6 Å². The van der Waals surface area contributed by atoms with E-state index in [1.54, 1.807) is 25.5 Å². The van der Waals surface area contributed by atoms with Crippen LogP contribution in [0.25, 0.3) is 0 Å². The molecular formula is C14H21N3O5S2. The SMILES string of the molecule is CCOC(=O)c1sc(=NC(=O)C2CCCN2S(C)(=O)=O)n(C)c1C. The summed E-state index contributed by atoms with van der Waals surface area (Å²) in [6.45, 7) is 4.05. The fraction of sp³-hybridized carbons (Fsp3) is 0.643. The Morgan fingerprint density at radius 2 is 2.08 bits per heavy atom. The van der Waals surface area contributed by atoms with Crippen molar-refractivity contribution < 1.29 is 22.7 Å². The van der Waals surface area contributed by atoms with Crippen LogP contribution in [0.15, 0.2) is 4.99 Å². The first-order valence-electron chi connectivity index (χ1n) is 7.55. The van der Waals surface area contributed by atoms with Gasteiger partial charge in [0.15, 0.2) is 4.80 Å². The number of ether oxygens (including phenoxy) is 1. The lowest BCUT2D eigenvalue weighted by Crippen LogP contribution is -2.39. The Labute approximate surface area is 144 Å². The standard InChI is InChI=1S/C14H21N3O5S2/c1-5-22-13(19)11-9(2)16(3)14(23-11)15-12(18)10-7-6-8-17(10)24(4,20)21/h10H,5-8H2,1-4H3. The maximum atomic E-state index is 12.4. The van der Waals surface area contributed by atoms with Gasteiger partial charge in [-0.3, -0.25) is 4.79 Å². The van der Waals surface area contributed by atoms with Crippen molar-refractivity contribution in [2.24, 2.45) is 12.0 Å². The summed E-state index contributed by atoms with van der Waals surface area (Å²) < 4.78 is 31.3. The number of aromatic nitrogens is 1. The van der Waals surface area contributed by atoms with E-state index in [1.165, 1.54) is 4.31 Å². The number of esters is 1. The first-order valence-corrected chi connectivity index (χ1v) is 10.2. The molecular weight excluding hydrogens is 354 g/mol. The number of hydrogen-bond donors (Lipinski definition) is 0. The van der Waals surface area contributed by atoms with E-state index in [4.69, 9.17) is 4.74 Å². The van der Waals surface area contributed by atoms with E-state index < -0.39 is 27.9 Å². The van der Waals surface area contributed by atoms with Crippen LogP contribution in [0.3, 0.4) is 0 Å². The molecule has 134 valence electrons. The van der Waals surface area contributed by atoms with Crippen molar-refractivity contribution in [1.29, 1.82) is 0 Å². The number of hydrogen-bond acceptors (Lipinski definition) is 6. The minimum absolute atomic E-state index is 0.261. The van der Waals surface area contributed by atoms with Gasteiger partial charge < -0.3 is 9.30 Å². The molecule has 1 aliphatic heterocycles. The molecule has 24 heavy (non-hydrogen) atoms. The molecule has 1 amide bonds. The van der Waals surface area contributed by atoms with Crippen molar-refractivity contribution >= 4 is 33.2 Å². The zero-order valence-electron chi connectivity index (χ0n) is 14.1. The second-order valence-electron chi connectivity index (χ2n) is 5.56. The van der Waals surface area contributed by atoms with Gasteiger partial charge in [0, 0.05) is 19.3 Å². The van der Waals surface area contributed by atoms with Gasteiger partial charge in [-0.2, -0.15) is 9.30 Å². The number of amides is 1. The lowest BCUT2D eigenvalue weighted by atomic mass is 10.2. The number of nitrogens with zero attached hydrogens (tertiary/aromatic N) is 3. The zero-order chi connectivity index (χ0) is 18.1. The predicted octanol–water partition coefficient (Wildman–Crippen LogP) is 0.423. The lowest BCUT2D eigenvalue weighted by Gasteiger charge is -2.18. The number of rotatable bonds is 4. The van der Waals surface area contributed by atoms with Gasteiger partial charge in [0.1, 0.15) is 10.9 Å². The number of carbonyl (C=O) groups is 2. The lowest BCUT2D eigenvalue weighted by molar-refractivity contribution is -0.121. The van der Waals surface area contributed by atoms with Crippen LogP contribution in [0.1, 0.15) is 35.1 Å². The molecule has 1 aromatic heterocycles. The third-order valence-electron chi connectivity index (χ3n) is 3.89. The molecule has 0 aliphatic carbocycles. The van der Waals surface area contributed by atoms with E-state index >= 15 is 0 Å². The summed E-state index contributed by atoms with van der Waals surface area (Å²) in [5, 5.41) is 0. The van der Waals surface area contributed by atoms with E-state index in [1.807, 2.05) is 0 Å². The smallest absolute Gasteiger partial charge is 0.350 e. The molecule has 0 N–H and O–H groups in total. The molecule has 1 unspecified atom stereocenters. The largest absolute Gasteiger partial charge is 0.462 e. The van der Waals surface area contributed by atoms with Gasteiger partial charge in [-0.1, -0.05) is 11.3 Å². The van der Waals surface area contributed by atoms with Crippen molar-refractivity contribution in [3.8, 4) is 0 Å². The summed E-state index contributed by atoms with van der Waals surface area (Å²) >= 11 is 1.06. The van der Waals surface area contributed by atoms with E-state index in [0.29, 0.717) is 34.8 Å². The molecule has 1 aromatic rings. The molecule has 0 spiro atoms. The van der Waals surface area contributed by atoms with Crippen molar-refractivity contribution in [1.82, 2.24) is 8.87 Å². The summed E-state index contributed by atoms with van der Waals surface area (Å²) in [5.74, 6) is -0.965. The van der Waals surface area contributed by atoms with E-state index in [2.05, 4.69) is 4.99 Å². The second-order valence-corrected chi connectivity index (χ2v) is 8.47. The van der Waals surface area contributed by atoms with Crippen LogP contribution in [0.4, 0.5) is 0 Å². The average molecular weight is 375 g/mol. The highest BCUT2D eigenvalue weighted by atomic mass is 32.2.